The number of ether oxygens (including phenoxy) is 1. The second kappa shape index (κ2) is 5.35. The van der Waals surface area contributed by atoms with Gasteiger partial charge in [0.1, 0.15) is 0 Å². The molecule has 0 aromatic heterocycles. The van der Waals surface area contributed by atoms with Crippen molar-refractivity contribution in [3.05, 3.63) is 58.1 Å². The minimum atomic E-state index is 0.0767. The summed E-state index contributed by atoms with van der Waals surface area (Å²) >= 11 is 5.94. The lowest BCUT2D eigenvalue weighted by atomic mass is 9.89. The molecule has 0 bridgehead atoms. The Hall–Kier alpha value is -1.71. The van der Waals surface area contributed by atoms with Crippen molar-refractivity contribution in [1.29, 1.82) is 0 Å². The molecule has 0 unspecified atom stereocenters. The predicted molar refractivity (Wildman–Crippen MR) is 79.7 cm³/mol. The first-order chi connectivity index (χ1) is 9.69. The van der Waals surface area contributed by atoms with Crippen molar-refractivity contribution < 1.29 is 9.84 Å². The molecule has 0 aliphatic carbocycles. The Morgan fingerprint density at radius 2 is 2.00 bits per heavy atom. The molecule has 0 radical (unpaired) electrons. The summed E-state index contributed by atoms with van der Waals surface area (Å²) in [6, 6.07) is 11.6. The van der Waals surface area contributed by atoms with Crippen LogP contribution in [-0.4, -0.2) is 18.8 Å². The summed E-state index contributed by atoms with van der Waals surface area (Å²) in [4.78, 5) is 0. The number of phenolic OH excluding ortho intramolecular Hbond substituents is 1. The molecule has 3 rings (SSSR count). The Morgan fingerprint density at radius 1 is 1.25 bits per heavy atom. The molecule has 0 spiro atoms. The number of hydrogen-bond acceptors (Lipinski definition) is 3. The number of methoxy groups -OCH3 is 1. The lowest BCUT2D eigenvalue weighted by Gasteiger charge is -2.28. The van der Waals surface area contributed by atoms with E-state index in [4.69, 9.17) is 16.3 Å². The van der Waals surface area contributed by atoms with E-state index in [1.54, 1.807) is 13.2 Å². The fourth-order valence-electron chi connectivity index (χ4n) is 2.69. The van der Waals surface area contributed by atoms with Crippen LogP contribution >= 0.6 is 11.6 Å². The third kappa shape index (κ3) is 2.35. The first kappa shape index (κ1) is 13.3. The van der Waals surface area contributed by atoms with Gasteiger partial charge in [-0.3, -0.25) is 0 Å². The van der Waals surface area contributed by atoms with Crippen molar-refractivity contribution >= 4 is 11.6 Å². The number of aromatic hydroxyl groups is 1. The van der Waals surface area contributed by atoms with E-state index in [-0.39, 0.29) is 11.8 Å². The van der Waals surface area contributed by atoms with E-state index in [2.05, 4.69) is 5.32 Å². The summed E-state index contributed by atoms with van der Waals surface area (Å²) in [5.74, 6) is 0.703. The molecular weight excluding hydrogens is 274 g/mol. The molecule has 2 N–H and O–H groups in total. The van der Waals surface area contributed by atoms with E-state index in [0.717, 1.165) is 29.1 Å². The highest BCUT2D eigenvalue weighted by Crippen LogP contribution is 2.36. The van der Waals surface area contributed by atoms with Crippen LogP contribution in [0.5, 0.6) is 11.5 Å². The van der Waals surface area contributed by atoms with Gasteiger partial charge < -0.3 is 15.2 Å². The maximum atomic E-state index is 10.0. The summed E-state index contributed by atoms with van der Waals surface area (Å²) in [5, 5.41) is 14.2. The summed E-state index contributed by atoms with van der Waals surface area (Å²) in [7, 11) is 1.57. The number of hydrogen-bond donors (Lipinski definition) is 2. The van der Waals surface area contributed by atoms with Gasteiger partial charge >= 0.3 is 0 Å². The third-order valence-corrected chi connectivity index (χ3v) is 3.95. The highest BCUT2D eigenvalue weighted by Gasteiger charge is 2.23. The highest BCUT2D eigenvalue weighted by atomic mass is 35.5. The molecule has 1 aliphatic rings. The van der Waals surface area contributed by atoms with Crippen LogP contribution in [0.2, 0.25) is 5.02 Å². The Bertz CT molecular complexity index is 625. The molecule has 0 amide bonds. The van der Waals surface area contributed by atoms with Crippen molar-refractivity contribution in [2.75, 3.05) is 13.7 Å². The number of benzene rings is 2. The van der Waals surface area contributed by atoms with E-state index in [1.165, 1.54) is 5.56 Å². The Balaban J connectivity index is 2.05. The summed E-state index contributed by atoms with van der Waals surface area (Å²) < 4.78 is 5.18. The predicted octanol–water partition coefficient (Wildman–Crippen LogP) is 3.29. The van der Waals surface area contributed by atoms with Crippen LogP contribution in [0.1, 0.15) is 22.7 Å². The number of rotatable bonds is 2. The molecular formula is C16H16ClNO2. The normalized spacial score (nSPS) is 17.6. The number of fused-ring (bicyclic) bond motifs is 1. The monoisotopic (exact) mass is 289 g/mol. The van der Waals surface area contributed by atoms with Crippen LogP contribution in [0.25, 0.3) is 0 Å². The molecule has 3 nitrogen and oxygen atoms in total. The highest BCUT2D eigenvalue weighted by molar-refractivity contribution is 6.30. The summed E-state index contributed by atoms with van der Waals surface area (Å²) in [6.07, 6.45) is 0.927. The topological polar surface area (TPSA) is 41.5 Å². The van der Waals surface area contributed by atoms with Gasteiger partial charge in [0.25, 0.3) is 0 Å². The van der Waals surface area contributed by atoms with Gasteiger partial charge in [0.15, 0.2) is 11.5 Å². The van der Waals surface area contributed by atoms with Crippen LogP contribution in [-0.2, 0) is 6.42 Å². The summed E-state index contributed by atoms with van der Waals surface area (Å²) in [5.41, 5.74) is 3.44. The minimum absolute atomic E-state index is 0.0767. The van der Waals surface area contributed by atoms with Gasteiger partial charge in [0.2, 0.25) is 0 Å². The van der Waals surface area contributed by atoms with Gasteiger partial charge in [0.05, 0.1) is 13.2 Å². The van der Waals surface area contributed by atoms with Crippen LogP contribution in [0.3, 0.4) is 0 Å². The lowest BCUT2D eigenvalue weighted by molar-refractivity contribution is 0.371. The number of halogens is 1. The zero-order chi connectivity index (χ0) is 14.1. The zero-order valence-electron chi connectivity index (χ0n) is 11.2. The van der Waals surface area contributed by atoms with Crippen molar-refractivity contribution in [1.82, 2.24) is 5.32 Å². The number of nitrogens with one attached hydrogen (secondary N) is 1. The molecule has 1 atom stereocenters. The maximum Gasteiger partial charge on any atom is 0.160 e. The SMILES string of the molecule is COc1cc2c(cc1O)[C@H](c1ccc(Cl)cc1)NCC2. The van der Waals surface area contributed by atoms with E-state index in [9.17, 15) is 5.11 Å². The maximum absolute atomic E-state index is 10.0. The molecule has 2 aromatic carbocycles. The molecule has 4 heteroatoms. The molecule has 0 saturated carbocycles. The molecule has 1 aliphatic heterocycles. The third-order valence-electron chi connectivity index (χ3n) is 3.70. The second-order valence-electron chi connectivity index (χ2n) is 4.91. The Morgan fingerprint density at radius 3 is 2.70 bits per heavy atom. The van der Waals surface area contributed by atoms with Crippen LogP contribution < -0.4 is 10.1 Å². The second-order valence-corrected chi connectivity index (χ2v) is 5.35. The fraction of sp³-hybridized carbons (Fsp3) is 0.250. The molecule has 0 fully saturated rings. The van der Waals surface area contributed by atoms with Crippen LogP contribution in [0.4, 0.5) is 0 Å². The van der Waals surface area contributed by atoms with Gasteiger partial charge in [-0.1, -0.05) is 23.7 Å². The molecule has 20 heavy (non-hydrogen) atoms. The van der Waals surface area contributed by atoms with Gasteiger partial charge in [-0.15, -0.1) is 0 Å². The van der Waals surface area contributed by atoms with Crippen LogP contribution in [0.15, 0.2) is 36.4 Å². The average molecular weight is 290 g/mol. The van der Waals surface area contributed by atoms with Crippen molar-refractivity contribution in [3.8, 4) is 11.5 Å². The molecule has 1 heterocycles. The van der Waals surface area contributed by atoms with Crippen molar-refractivity contribution in [3.63, 3.8) is 0 Å². The standard InChI is InChI=1S/C16H16ClNO2/c1-20-15-8-11-6-7-18-16(13(11)9-14(15)19)10-2-4-12(17)5-3-10/h2-5,8-9,16,18-19H,6-7H2,1H3/t16-/m0/s1. The van der Waals surface area contributed by atoms with Crippen molar-refractivity contribution in [2.45, 2.75) is 12.5 Å². The minimum Gasteiger partial charge on any atom is -0.504 e. The fourth-order valence-corrected chi connectivity index (χ4v) is 2.82. The summed E-state index contributed by atoms with van der Waals surface area (Å²) in [6.45, 7) is 0.897. The largest absolute Gasteiger partial charge is 0.504 e. The van der Waals surface area contributed by atoms with Gasteiger partial charge in [-0.25, -0.2) is 0 Å². The van der Waals surface area contributed by atoms with E-state index in [1.807, 2.05) is 30.3 Å². The van der Waals surface area contributed by atoms with E-state index >= 15 is 0 Å². The first-order valence-electron chi connectivity index (χ1n) is 6.57. The Labute approximate surface area is 123 Å². The van der Waals surface area contributed by atoms with Gasteiger partial charge in [-0.05, 0) is 47.4 Å². The molecule has 0 saturated heterocycles. The van der Waals surface area contributed by atoms with Gasteiger partial charge in [-0.2, -0.15) is 0 Å². The van der Waals surface area contributed by atoms with Gasteiger partial charge in [0, 0.05) is 11.6 Å². The number of phenols is 1. The smallest absolute Gasteiger partial charge is 0.160 e. The molecule has 2 aromatic rings. The van der Waals surface area contributed by atoms with Crippen molar-refractivity contribution in [2.24, 2.45) is 0 Å². The quantitative estimate of drug-likeness (QED) is 0.891. The zero-order valence-corrected chi connectivity index (χ0v) is 11.9. The first-order valence-corrected chi connectivity index (χ1v) is 6.95. The van der Waals surface area contributed by atoms with Crippen LogP contribution in [0, 0.1) is 0 Å². The lowest BCUT2D eigenvalue weighted by Crippen LogP contribution is -2.30. The average Bonchev–Trinajstić information content (AvgIpc) is 2.47. The molecule has 104 valence electrons. The Kier molecular flexibility index (Phi) is 3.55. The van der Waals surface area contributed by atoms with E-state index < -0.39 is 0 Å². The van der Waals surface area contributed by atoms with E-state index in [0.29, 0.717) is 5.75 Å².